The lowest BCUT2D eigenvalue weighted by molar-refractivity contribution is 0.376. The second-order valence-electron chi connectivity index (χ2n) is 5.83. The molecule has 4 rings (SSSR count). The number of fused-ring (bicyclic) bond motifs is 1. The second kappa shape index (κ2) is 7.11. The first-order valence-electron chi connectivity index (χ1n) is 8.09. The molecule has 0 aliphatic heterocycles. The molecule has 1 heterocycles. The zero-order valence-corrected chi connectivity index (χ0v) is 15.5. The molecular formula is C19H14ClN3O3S. The zero-order valence-electron chi connectivity index (χ0n) is 14.0. The van der Waals surface area contributed by atoms with Gasteiger partial charge in [-0.2, -0.15) is 4.98 Å². The Hall–Kier alpha value is -2.74. The molecule has 0 unspecified atom stereocenters. The molecule has 6 nitrogen and oxygen atoms in total. The highest BCUT2D eigenvalue weighted by molar-refractivity contribution is 7.89. The fourth-order valence-electron chi connectivity index (χ4n) is 2.65. The van der Waals surface area contributed by atoms with E-state index in [1.807, 2.05) is 24.3 Å². The van der Waals surface area contributed by atoms with Gasteiger partial charge in [0.05, 0.1) is 16.5 Å². The third-order valence-corrected chi connectivity index (χ3v) is 5.76. The number of aromatic nitrogens is 2. The van der Waals surface area contributed by atoms with Gasteiger partial charge in [0.15, 0.2) is 0 Å². The SMILES string of the molecule is O=S(=O)(NCc1nc(-c2ccccc2Cl)no1)c1ccc2ccccc2c1. The largest absolute Gasteiger partial charge is 0.338 e. The van der Waals surface area contributed by atoms with E-state index in [9.17, 15) is 8.42 Å². The summed E-state index contributed by atoms with van der Waals surface area (Å²) >= 11 is 6.11. The minimum atomic E-state index is -3.72. The maximum atomic E-state index is 12.6. The molecule has 0 saturated carbocycles. The summed E-state index contributed by atoms with van der Waals surface area (Å²) in [6.45, 7) is -0.118. The van der Waals surface area contributed by atoms with Crippen molar-refractivity contribution in [2.45, 2.75) is 11.4 Å². The van der Waals surface area contributed by atoms with E-state index in [2.05, 4.69) is 14.9 Å². The van der Waals surface area contributed by atoms with Gasteiger partial charge in [0.25, 0.3) is 0 Å². The molecule has 0 spiro atoms. The molecule has 0 aliphatic carbocycles. The quantitative estimate of drug-likeness (QED) is 0.547. The van der Waals surface area contributed by atoms with E-state index in [-0.39, 0.29) is 17.3 Å². The minimum absolute atomic E-state index is 0.118. The molecule has 0 bridgehead atoms. The summed E-state index contributed by atoms with van der Waals surface area (Å²) in [5.74, 6) is 0.454. The van der Waals surface area contributed by atoms with Gasteiger partial charge < -0.3 is 4.52 Å². The van der Waals surface area contributed by atoms with E-state index in [0.717, 1.165) is 10.8 Å². The molecule has 136 valence electrons. The summed E-state index contributed by atoms with van der Waals surface area (Å²) in [5.41, 5.74) is 0.617. The molecule has 4 aromatic rings. The van der Waals surface area contributed by atoms with Gasteiger partial charge in [-0.1, -0.05) is 59.2 Å². The Balaban J connectivity index is 1.53. The summed E-state index contributed by atoms with van der Waals surface area (Å²) in [5, 5.41) is 6.16. The third kappa shape index (κ3) is 3.71. The van der Waals surface area contributed by atoms with Crippen LogP contribution in [0.4, 0.5) is 0 Å². The van der Waals surface area contributed by atoms with Crippen molar-refractivity contribution >= 4 is 32.4 Å². The molecule has 0 amide bonds. The van der Waals surface area contributed by atoms with Crippen LogP contribution in [-0.2, 0) is 16.6 Å². The van der Waals surface area contributed by atoms with Crippen LogP contribution >= 0.6 is 11.6 Å². The highest BCUT2D eigenvalue weighted by Gasteiger charge is 2.17. The van der Waals surface area contributed by atoms with Crippen molar-refractivity contribution in [2.75, 3.05) is 0 Å². The number of nitrogens with zero attached hydrogens (tertiary/aromatic N) is 2. The highest BCUT2D eigenvalue weighted by Crippen LogP contribution is 2.25. The zero-order chi connectivity index (χ0) is 18.9. The fourth-order valence-corrected chi connectivity index (χ4v) is 3.88. The Labute approximate surface area is 160 Å². The van der Waals surface area contributed by atoms with Crippen molar-refractivity contribution < 1.29 is 12.9 Å². The van der Waals surface area contributed by atoms with Crippen LogP contribution in [-0.4, -0.2) is 18.6 Å². The van der Waals surface area contributed by atoms with Gasteiger partial charge in [-0.3, -0.25) is 0 Å². The van der Waals surface area contributed by atoms with Crippen LogP contribution < -0.4 is 4.72 Å². The Morgan fingerprint density at radius 1 is 0.963 bits per heavy atom. The molecule has 3 aromatic carbocycles. The van der Waals surface area contributed by atoms with Gasteiger partial charge in [-0.05, 0) is 35.0 Å². The summed E-state index contributed by atoms with van der Waals surface area (Å²) < 4.78 is 32.7. The average Bonchev–Trinajstić information content (AvgIpc) is 3.15. The van der Waals surface area contributed by atoms with Crippen LogP contribution in [0.15, 0.2) is 76.1 Å². The standard InChI is InChI=1S/C19H14ClN3O3S/c20-17-8-4-3-7-16(17)19-22-18(26-23-19)12-21-27(24,25)15-10-9-13-5-1-2-6-14(13)11-15/h1-11,21H,12H2. The van der Waals surface area contributed by atoms with E-state index in [1.165, 1.54) is 0 Å². The molecular weight excluding hydrogens is 386 g/mol. The Bertz CT molecular complexity index is 1220. The van der Waals surface area contributed by atoms with Crippen LogP contribution in [0, 0.1) is 0 Å². The molecule has 0 radical (unpaired) electrons. The molecule has 0 aliphatic rings. The molecule has 1 N–H and O–H groups in total. The van der Waals surface area contributed by atoms with Crippen molar-refractivity contribution in [3.63, 3.8) is 0 Å². The van der Waals surface area contributed by atoms with E-state index < -0.39 is 10.0 Å². The van der Waals surface area contributed by atoms with E-state index >= 15 is 0 Å². The van der Waals surface area contributed by atoms with Crippen LogP contribution in [0.5, 0.6) is 0 Å². The monoisotopic (exact) mass is 399 g/mol. The average molecular weight is 400 g/mol. The smallest absolute Gasteiger partial charge is 0.242 e. The lowest BCUT2D eigenvalue weighted by Gasteiger charge is -2.06. The first-order valence-corrected chi connectivity index (χ1v) is 9.95. The van der Waals surface area contributed by atoms with E-state index in [1.54, 1.807) is 42.5 Å². The Kier molecular flexibility index (Phi) is 4.65. The first-order chi connectivity index (χ1) is 13.0. The lowest BCUT2D eigenvalue weighted by atomic mass is 10.1. The van der Waals surface area contributed by atoms with Gasteiger partial charge in [-0.15, -0.1) is 0 Å². The second-order valence-corrected chi connectivity index (χ2v) is 8.00. The highest BCUT2D eigenvalue weighted by atomic mass is 35.5. The number of hydrogen-bond acceptors (Lipinski definition) is 5. The van der Waals surface area contributed by atoms with Crippen molar-refractivity contribution in [1.29, 1.82) is 0 Å². The lowest BCUT2D eigenvalue weighted by Crippen LogP contribution is -2.23. The predicted molar refractivity (Wildman–Crippen MR) is 103 cm³/mol. The number of nitrogens with one attached hydrogen (secondary N) is 1. The maximum absolute atomic E-state index is 12.6. The van der Waals surface area contributed by atoms with Gasteiger partial charge in [0.1, 0.15) is 0 Å². The van der Waals surface area contributed by atoms with Crippen molar-refractivity contribution in [1.82, 2.24) is 14.9 Å². The molecule has 8 heteroatoms. The van der Waals surface area contributed by atoms with Crippen molar-refractivity contribution in [3.05, 3.63) is 77.6 Å². The molecule has 0 fully saturated rings. The fraction of sp³-hybridized carbons (Fsp3) is 0.0526. The number of rotatable bonds is 5. The number of sulfonamides is 1. The summed E-state index contributed by atoms with van der Waals surface area (Å²) in [7, 11) is -3.72. The molecule has 0 saturated heterocycles. The maximum Gasteiger partial charge on any atom is 0.242 e. The van der Waals surface area contributed by atoms with E-state index in [4.69, 9.17) is 16.1 Å². The van der Waals surface area contributed by atoms with Gasteiger partial charge >= 0.3 is 0 Å². The van der Waals surface area contributed by atoms with Crippen LogP contribution in [0.2, 0.25) is 5.02 Å². The van der Waals surface area contributed by atoms with Crippen LogP contribution in [0.3, 0.4) is 0 Å². The van der Waals surface area contributed by atoms with Crippen LogP contribution in [0.1, 0.15) is 5.89 Å². The van der Waals surface area contributed by atoms with Gasteiger partial charge in [-0.25, -0.2) is 13.1 Å². The van der Waals surface area contributed by atoms with Gasteiger partial charge in [0.2, 0.25) is 21.7 Å². The molecule has 0 atom stereocenters. The summed E-state index contributed by atoms with van der Waals surface area (Å²) in [6.07, 6.45) is 0. The number of hydrogen-bond donors (Lipinski definition) is 1. The number of halogens is 1. The Morgan fingerprint density at radius 2 is 1.70 bits per heavy atom. The topological polar surface area (TPSA) is 85.1 Å². The predicted octanol–water partition coefficient (Wildman–Crippen LogP) is 4.02. The van der Waals surface area contributed by atoms with Crippen molar-refractivity contribution in [3.8, 4) is 11.4 Å². The molecule has 27 heavy (non-hydrogen) atoms. The Morgan fingerprint density at radius 3 is 2.52 bits per heavy atom. The summed E-state index contributed by atoms with van der Waals surface area (Å²) in [6, 6.07) is 19.6. The molecule has 1 aromatic heterocycles. The number of benzene rings is 3. The van der Waals surface area contributed by atoms with Crippen LogP contribution in [0.25, 0.3) is 22.2 Å². The van der Waals surface area contributed by atoms with E-state index in [0.29, 0.717) is 16.4 Å². The van der Waals surface area contributed by atoms with Crippen molar-refractivity contribution in [2.24, 2.45) is 0 Å². The normalized spacial score (nSPS) is 11.7. The summed E-state index contributed by atoms with van der Waals surface area (Å²) in [4.78, 5) is 4.37. The first kappa shape index (κ1) is 17.7. The minimum Gasteiger partial charge on any atom is -0.338 e. The van der Waals surface area contributed by atoms with Gasteiger partial charge in [0, 0.05) is 5.56 Å². The third-order valence-electron chi connectivity index (χ3n) is 4.03.